The SMILES string of the molecule is C1=CCCC=C1.CC1C[C@@H]1NC1CCN(C(C)C)CC1. The van der Waals surface area contributed by atoms with E-state index in [0.29, 0.717) is 0 Å². The lowest BCUT2D eigenvalue weighted by Gasteiger charge is -2.35. The van der Waals surface area contributed by atoms with Gasteiger partial charge >= 0.3 is 0 Å². The summed E-state index contributed by atoms with van der Waals surface area (Å²) in [4.78, 5) is 2.59. The molecule has 1 N–H and O–H groups in total. The Balaban J connectivity index is 0.000000205. The highest BCUT2D eigenvalue weighted by molar-refractivity contribution is 5.07. The number of likely N-dealkylation sites (tertiary alicyclic amines) is 1. The highest BCUT2D eigenvalue weighted by atomic mass is 15.2. The average Bonchev–Trinajstić information content (AvgIpc) is 3.17. The topological polar surface area (TPSA) is 15.3 Å². The lowest BCUT2D eigenvalue weighted by Crippen LogP contribution is -2.45. The molecule has 1 aliphatic heterocycles. The summed E-state index contributed by atoms with van der Waals surface area (Å²) in [6, 6.07) is 2.39. The molecule has 0 aromatic heterocycles. The second-order valence-electron chi connectivity index (χ2n) is 6.82. The van der Waals surface area contributed by atoms with Crippen molar-refractivity contribution in [3.63, 3.8) is 0 Å². The highest BCUT2D eigenvalue weighted by Gasteiger charge is 2.34. The van der Waals surface area contributed by atoms with E-state index in [-0.39, 0.29) is 0 Å². The Kier molecular flexibility index (Phi) is 6.31. The summed E-state index contributed by atoms with van der Waals surface area (Å²) in [5.41, 5.74) is 0. The van der Waals surface area contributed by atoms with Crippen LogP contribution in [-0.4, -0.2) is 36.1 Å². The maximum Gasteiger partial charge on any atom is 0.00989 e. The van der Waals surface area contributed by atoms with E-state index < -0.39 is 0 Å². The maximum atomic E-state index is 3.78. The van der Waals surface area contributed by atoms with E-state index in [1.54, 1.807) is 0 Å². The van der Waals surface area contributed by atoms with Crippen molar-refractivity contribution in [3.8, 4) is 0 Å². The van der Waals surface area contributed by atoms with Gasteiger partial charge in [-0.2, -0.15) is 0 Å². The molecule has 0 radical (unpaired) electrons. The first-order chi connectivity index (χ1) is 9.66. The Morgan fingerprint density at radius 1 is 1.05 bits per heavy atom. The molecule has 0 spiro atoms. The van der Waals surface area contributed by atoms with Crippen molar-refractivity contribution in [3.05, 3.63) is 24.3 Å². The maximum absolute atomic E-state index is 3.78. The van der Waals surface area contributed by atoms with Gasteiger partial charge in [0.25, 0.3) is 0 Å². The van der Waals surface area contributed by atoms with Crippen LogP contribution >= 0.6 is 0 Å². The van der Waals surface area contributed by atoms with Crippen molar-refractivity contribution in [2.75, 3.05) is 13.1 Å². The van der Waals surface area contributed by atoms with E-state index in [1.807, 2.05) is 0 Å². The van der Waals surface area contributed by atoms with E-state index >= 15 is 0 Å². The first kappa shape index (κ1) is 15.8. The largest absolute Gasteiger partial charge is 0.311 e. The van der Waals surface area contributed by atoms with E-state index in [0.717, 1.165) is 24.0 Å². The van der Waals surface area contributed by atoms with Gasteiger partial charge in [0, 0.05) is 18.1 Å². The van der Waals surface area contributed by atoms with E-state index in [4.69, 9.17) is 0 Å². The van der Waals surface area contributed by atoms with E-state index in [9.17, 15) is 0 Å². The predicted molar refractivity (Wildman–Crippen MR) is 87.9 cm³/mol. The van der Waals surface area contributed by atoms with Gasteiger partial charge in [0.15, 0.2) is 0 Å². The van der Waals surface area contributed by atoms with E-state index in [1.165, 1.54) is 45.2 Å². The van der Waals surface area contributed by atoms with Crippen LogP contribution < -0.4 is 5.32 Å². The van der Waals surface area contributed by atoms with Crippen LogP contribution in [0.3, 0.4) is 0 Å². The highest BCUT2D eigenvalue weighted by Crippen LogP contribution is 2.30. The molecule has 0 amide bonds. The molecule has 1 saturated heterocycles. The first-order valence-corrected chi connectivity index (χ1v) is 8.48. The zero-order valence-corrected chi connectivity index (χ0v) is 13.5. The number of allylic oxidation sites excluding steroid dienone is 4. The summed E-state index contributed by atoms with van der Waals surface area (Å²) in [5.74, 6) is 0.943. The fraction of sp³-hybridized carbons (Fsp3) is 0.778. The Hall–Kier alpha value is -0.600. The molecular formula is C18H32N2. The van der Waals surface area contributed by atoms with Gasteiger partial charge in [0.2, 0.25) is 0 Å². The molecular weight excluding hydrogens is 244 g/mol. The molecule has 2 atom stereocenters. The first-order valence-electron chi connectivity index (χ1n) is 8.48. The summed E-state index contributed by atoms with van der Waals surface area (Å²) in [5, 5.41) is 3.78. The molecule has 0 aromatic carbocycles. The minimum atomic E-state index is 0.732. The molecule has 0 bridgehead atoms. The van der Waals surface area contributed by atoms with Gasteiger partial charge in [-0.05, 0) is 65.0 Å². The number of nitrogens with one attached hydrogen (secondary N) is 1. The normalized spacial score (nSPS) is 30.2. The van der Waals surface area contributed by atoms with Crippen LogP contribution in [0, 0.1) is 5.92 Å². The zero-order chi connectivity index (χ0) is 14.4. The molecule has 3 rings (SSSR count). The summed E-state index contributed by atoms with van der Waals surface area (Å²) in [6.07, 6.45) is 15.1. The fourth-order valence-electron chi connectivity index (χ4n) is 2.98. The quantitative estimate of drug-likeness (QED) is 0.844. The second kappa shape index (κ2) is 7.99. The molecule has 20 heavy (non-hydrogen) atoms. The number of hydrogen-bond donors (Lipinski definition) is 1. The Morgan fingerprint density at radius 3 is 1.95 bits per heavy atom. The van der Waals surface area contributed by atoms with E-state index in [2.05, 4.69) is 55.3 Å². The lowest BCUT2D eigenvalue weighted by atomic mass is 10.0. The lowest BCUT2D eigenvalue weighted by molar-refractivity contribution is 0.160. The molecule has 0 aromatic rings. The Morgan fingerprint density at radius 2 is 1.60 bits per heavy atom. The fourth-order valence-corrected chi connectivity index (χ4v) is 2.98. The van der Waals surface area contributed by atoms with Gasteiger partial charge in [-0.25, -0.2) is 0 Å². The number of hydrogen-bond acceptors (Lipinski definition) is 2. The van der Waals surface area contributed by atoms with Crippen molar-refractivity contribution in [1.82, 2.24) is 10.2 Å². The van der Waals surface area contributed by atoms with Gasteiger partial charge in [0.05, 0.1) is 0 Å². The van der Waals surface area contributed by atoms with Crippen LogP contribution in [0.5, 0.6) is 0 Å². The second-order valence-corrected chi connectivity index (χ2v) is 6.82. The third kappa shape index (κ3) is 5.41. The summed E-state index contributed by atoms with van der Waals surface area (Å²) in [7, 11) is 0. The summed E-state index contributed by atoms with van der Waals surface area (Å²) >= 11 is 0. The number of nitrogens with zero attached hydrogens (tertiary/aromatic N) is 1. The standard InChI is InChI=1S/C12H24N2.C6H8/c1-9(2)14-6-4-11(5-7-14)13-12-8-10(12)3;1-2-4-6-5-3-1/h9-13H,4-8H2,1-3H3;1-4H,5-6H2/t10?,12-;/m0./s1. The summed E-state index contributed by atoms with van der Waals surface area (Å²) in [6.45, 7) is 9.53. The molecule has 1 heterocycles. The van der Waals surface area contributed by atoms with Gasteiger partial charge in [-0.1, -0.05) is 31.2 Å². The molecule has 2 aliphatic carbocycles. The number of rotatable bonds is 3. The molecule has 3 aliphatic rings. The van der Waals surface area contributed by atoms with Crippen LogP contribution in [0.1, 0.15) is 52.9 Å². The third-order valence-corrected chi connectivity index (χ3v) is 4.70. The predicted octanol–water partition coefficient (Wildman–Crippen LogP) is 3.75. The van der Waals surface area contributed by atoms with Crippen molar-refractivity contribution < 1.29 is 0 Å². The van der Waals surface area contributed by atoms with Gasteiger partial charge in [-0.15, -0.1) is 0 Å². The van der Waals surface area contributed by atoms with Crippen molar-refractivity contribution in [1.29, 1.82) is 0 Å². The van der Waals surface area contributed by atoms with Crippen molar-refractivity contribution in [2.24, 2.45) is 5.92 Å². The van der Waals surface area contributed by atoms with Crippen LogP contribution in [0.4, 0.5) is 0 Å². The zero-order valence-electron chi connectivity index (χ0n) is 13.5. The van der Waals surface area contributed by atoms with Crippen molar-refractivity contribution >= 4 is 0 Å². The van der Waals surface area contributed by atoms with Crippen LogP contribution in [0.25, 0.3) is 0 Å². The average molecular weight is 276 g/mol. The molecule has 1 saturated carbocycles. The number of piperidine rings is 1. The molecule has 1 unspecified atom stereocenters. The Labute approximate surface area is 125 Å². The monoisotopic (exact) mass is 276 g/mol. The van der Waals surface area contributed by atoms with Gasteiger partial charge in [0.1, 0.15) is 0 Å². The van der Waals surface area contributed by atoms with Gasteiger partial charge in [-0.3, -0.25) is 0 Å². The van der Waals surface area contributed by atoms with Gasteiger partial charge < -0.3 is 10.2 Å². The third-order valence-electron chi connectivity index (χ3n) is 4.70. The molecule has 2 fully saturated rings. The van der Waals surface area contributed by atoms with Crippen molar-refractivity contribution in [2.45, 2.75) is 71.0 Å². The van der Waals surface area contributed by atoms with Crippen LogP contribution in [-0.2, 0) is 0 Å². The van der Waals surface area contributed by atoms with Crippen LogP contribution in [0.2, 0.25) is 0 Å². The molecule has 2 heteroatoms. The minimum Gasteiger partial charge on any atom is -0.311 e. The molecule has 2 nitrogen and oxygen atoms in total. The van der Waals surface area contributed by atoms with Crippen LogP contribution in [0.15, 0.2) is 24.3 Å². The summed E-state index contributed by atoms with van der Waals surface area (Å²) < 4.78 is 0. The molecule has 114 valence electrons. The Bertz CT molecular complexity index is 312. The minimum absolute atomic E-state index is 0.732. The smallest absolute Gasteiger partial charge is 0.00989 e.